The SMILES string of the molecule is CC(=O)Nc1cnc(-c2cn(C)nn2)cc1F. The molecule has 17 heavy (non-hydrogen) atoms. The van der Waals surface area contributed by atoms with Crippen LogP contribution in [0.5, 0.6) is 0 Å². The number of anilines is 1. The van der Waals surface area contributed by atoms with Crippen molar-refractivity contribution in [2.45, 2.75) is 6.92 Å². The van der Waals surface area contributed by atoms with Gasteiger partial charge in [-0.25, -0.2) is 4.39 Å². The summed E-state index contributed by atoms with van der Waals surface area (Å²) in [5, 5.41) is 9.88. The van der Waals surface area contributed by atoms with Crippen molar-refractivity contribution in [3.63, 3.8) is 0 Å². The van der Waals surface area contributed by atoms with Crippen molar-refractivity contribution < 1.29 is 9.18 Å². The Labute approximate surface area is 96.5 Å². The Bertz CT molecular complexity index is 566. The van der Waals surface area contributed by atoms with Gasteiger partial charge < -0.3 is 5.32 Å². The van der Waals surface area contributed by atoms with Gasteiger partial charge in [0.2, 0.25) is 5.91 Å². The molecule has 0 aliphatic carbocycles. The van der Waals surface area contributed by atoms with Crippen molar-refractivity contribution >= 4 is 11.6 Å². The van der Waals surface area contributed by atoms with Crippen LogP contribution >= 0.6 is 0 Å². The lowest BCUT2D eigenvalue weighted by Gasteiger charge is -2.03. The van der Waals surface area contributed by atoms with Gasteiger partial charge in [0.15, 0.2) is 5.82 Å². The molecular formula is C10H10FN5O. The number of pyridine rings is 1. The lowest BCUT2D eigenvalue weighted by atomic mass is 10.2. The van der Waals surface area contributed by atoms with E-state index >= 15 is 0 Å². The summed E-state index contributed by atoms with van der Waals surface area (Å²) in [7, 11) is 1.71. The highest BCUT2D eigenvalue weighted by Gasteiger charge is 2.09. The summed E-state index contributed by atoms with van der Waals surface area (Å²) < 4.78 is 15.1. The third kappa shape index (κ3) is 2.44. The van der Waals surface area contributed by atoms with Gasteiger partial charge in [0.25, 0.3) is 0 Å². The van der Waals surface area contributed by atoms with E-state index in [-0.39, 0.29) is 11.6 Å². The zero-order valence-corrected chi connectivity index (χ0v) is 9.31. The highest BCUT2D eigenvalue weighted by atomic mass is 19.1. The van der Waals surface area contributed by atoms with Crippen LogP contribution in [0.3, 0.4) is 0 Å². The van der Waals surface area contributed by atoms with Gasteiger partial charge in [0, 0.05) is 20.0 Å². The van der Waals surface area contributed by atoms with Gasteiger partial charge >= 0.3 is 0 Å². The number of hydrogen-bond donors (Lipinski definition) is 1. The number of aryl methyl sites for hydroxylation is 1. The summed E-state index contributed by atoms with van der Waals surface area (Å²) >= 11 is 0. The van der Waals surface area contributed by atoms with Crippen LogP contribution in [0.15, 0.2) is 18.5 Å². The second-order valence-electron chi connectivity index (χ2n) is 3.51. The Hall–Kier alpha value is -2.31. The van der Waals surface area contributed by atoms with Gasteiger partial charge in [-0.3, -0.25) is 14.5 Å². The third-order valence-electron chi connectivity index (χ3n) is 2.03. The first-order valence-corrected chi connectivity index (χ1v) is 4.86. The topological polar surface area (TPSA) is 72.7 Å². The molecule has 0 spiro atoms. The van der Waals surface area contributed by atoms with E-state index in [2.05, 4.69) is 20.6 Å². The molecule has 0 atom stereocenters. The number of rotatable bonds is 2. The predicted molar refractivity (Wildman–Crippen MR) is 58.5 cm³/mol. The molecule has 1 amide bonds. The maximum Gasteiger partial charge on any atom is 0.221 e. The van der Waals surface area contributed by atoms with Crippen LogP contribution in [0.25, 0.3) is 11.4 Å². The molecule has 0 fully saturated rings. The fourth-order valence-electron chi connectivity index (χ4n) is 1.32. The van der Waals surface area contributed by atoms with Crippen LogP contribution in [-0.2, 0) is 11.8 Å². The minimum absolute atomic E-state index is 0.0464. The maximum absolute atomic E-state index is 13.6. The van der Waals surface area contributed by atoms with Crippen molar-refractivity contribution in [3.8, 4) is 11.4 Å². The van der Waals surface area contributed by atoms with Gasteiger partial charge in [0.1, 0.15) is 5.69 Å². The second-order valence-corrected chi connectivity index (χ2v) is 3.51. The zero-order chi connectivity index (χ0) is 12.4. The fourth-order valence-corrected chi connectivity index (χ4v) is 1.32. The average Bonchev–Trinajstić information content (AvgIpc) is 2.67. The number of hydrogen-bond acceptors (Lipinski definition) is 4. The van der Waals surface area contributed by atoms with E-state index in [4.69, 9.17) is 0 Å². The van der Waals surface area contributed by atoms with E-state index in [1.165, 1.54) is 23.9 Å². The summed E-state index contributed by atoms with van der Waals surface area (Å²) in [5.41, 5.74) is 0.885. The molecule has 2 heterocycles. The van der Waals surface area contributed by atoms with E-state index in [0.717, 1.165) is 0 Å². The third-order valence-corrected chi connectivity index (χ3v) is 2.03. The van der Waals surface area contributed by atoms with Crippen molar-refractivity contribution in [3.05, 3.63) is 24.3 Å². The van der Waals surface area contributed by atoms with Crippen molar-refractivity contribution in [2.24, 2.45) is 7.05 Å². The molecule has 0 radical (unpaired) electrons. The summed E-state index contributed by atoms with van der Waals surface area (Å²) in [6.07, 6.45) is 2.88. The Morgan fingerprint density at radius 2 is 2.24 bits per heavy atom. The van der Waals surface area contributed by atoms with Gasteiger partial charge in [0.05, 0.1) is 23.8 Å². The Kier molecular flexibility index (Phi) is 2.82. The largest absolute Gasteiger partial charge is 0.323 e. The molecule has 88 valence electrons. The molecule has 2 aromatic heterocycles. The standard InChI is InChI=1S/C10H10FN5O/c1-6(17)13-9-4-12-8(3-7(9)11)10-5-16(2)15-14-10/h3-5H,1-2H3,(H,13,17). The first-order chi connectivity index (χ1) is 8.06. The number of carbonyl (C=O) groups excluding carboxylic acids is 1. The Morgan fingerprint density at radius 1 is 1.47 bits per heavy atom. The van der Waals surface area contributed by atoms with Gasteiger partial charge in [-0.05, 0) is 0 Å². The molecule has 0 unspecified atom stereocenters. The van der Waals surface area contributed by atoms with Crippen molar-refractivity contribution in [1.82, 2.24) is 20.0 Å². The number of nitrogens with zero attached hydrogens (tertiary/aromatic N) is 4. The minimum Gasteiger partial charge on any atom is -0.323 e. The lowest BCUT2D eigenvalue weighted by Crippen LogP contribution is -2.08. The van der Waals surface area contributed by atoms with Crippen LogP contribution < -0.4 is 5.32 Å². The zero-order valence-electron chi connectivity index (χ0n) is 9.31. The van der Waals surface area contributed by atoms with Crippen molar-refractivity contribution in [1.29, 1.82) is 0 Å². The maximum atomic E-state index is 13.6. The van der Waals surface area contributed by atoms with Gasteiger partial charge in [-0.2, -0.15) is 0 Å². The molecular weight excluding hydrogens is 225 g/mol. The van der Waals surface area contributed by atoms with Gasteiger partial charge in [-0.1, -0.05) is 5.21 Å². The predicted octanol–water partition coefficient (Wildman–Crippen LogP) is 0.975. The molecule has 2 rings (SSSR count). The smallest absolute Gasteiger partial charge is 0.221 e. The van der Waals surface area contributed by atoms with E-state index < -0.39 is 5.82 Å². The quantitative estimate of drug-likeness (QED) is 0.841. The summed E-state index contributed by atoms with van der Waals surface area (Å²) in [5.74, 6) is -0.909. The fraction of sp³-hybridized carbons (Fsp3) is 0.200. The highest BCUT2D eigenvalue weighted by Crippen LogP contribution is 2.19. The molecule has 1 N–H and O–H groups in total. The van der Waals surface area contributed by atoms with Gasteiger partial charge in [-0.15, -0.1) is 5.10 Å². The monoisotopic (exact) mass is 235 g/mol. The summed E-state index contributed by atoms with van der Waals surface area (Å²) in [4.78, 5) is 14.8. The summed E-state index contributed by atoms with van der Waals surface area (Å²) in [6.45, 7) is 1.30. The van der Waals surface area contributed by atoms with Crippen LogP contribution in [0, 0.1) is 5.82 Å². The summed E-state index contributed by atoms with van der Waals surface area (Å²) in [6, 6.07) is 1.20. The number of halogens is 1. The van der Waals surface area contributed by atoms with Crippen LogP contribution in [0.2, 0.25) is 0 Å². The number of carbonyl (C=O) groups is 1. The van der Waals surface area contributed by atoms with Crippen LogP contribution in [0.4, 0.5) is 10.1 Å². The molecule has 6 nitrogen and oxygen atoms in total. The normalized spacial score (nSPS) is 10.3. The molecule has 0 bridgehead atoms. The number of aromatic nitrogens is 4. The highest BCUT2D eigenvalue weighted by molar-refractivity contribution is 5.88. The molecule has 0 saturated heterocycles. The van der Waals surface area contributed by atoms with Crippen molar-refractivity contribution in [2.75, 3.05) is 5.32 Å². The number of nitrogens with one attached hydrogen (secondary N) is 1. The van der Waals surface area contributed by atoms with E-state index in [0.29, 0.717) is 11.4 Å². The van der Waals surface area contributed by atoms with E-state index in [9.17, 15) is 9.18 Å². The second kappa shape index (κ2) is 4.28. The molecule has 0 aliphatic rings. The first-order valence-electron chi connectivity index (χ1n) is 4.86. The Balaban J connectivity index is 2.33. The van der Waals surface area contributed by atoms with Crippen LogP contribution in [-0.4, -0.2) is 25.9 Å². The van der Waals surface area contributed by atoms with Crippen LogP contribution in [0.1, 0.15) is 6.92 Å². The average molecular weight is 235 g/mol. The Morgan fingerprint density at radius 3 is 2.76 bits per heavy atom. The molecule has 0 aliphatic heterocycles. The van der Waals surface area contributed by atoms with E-state index in [1.54, 1.807) is 13.2 Å². The molecule has 7 heteroatoms. The number of amides is 1. The lowest BCUT2D eigenvalue weighted by molar-refractivity contribution is -0.114. The van der Waals surface area contributed by atoms with E-state index in [1.807, 2.05) is 0 Å². The molecule has 0 aromatic carbocycles. The molecule has 2 aromatic rings. The molecule has 0 saturated carbocycles. The first kappa shape index (κ1) is 11.2. The minimum atomic E-state index is -0.559.